The van der Waals surface area contributed by atoms with Crippen LogP contribution in [0.15, 0.2) is 0 Å². The Hall–Kier alpha value is -0.590. The Bertz CT molecular complexity index is 131. The predicted molar refractivity (Wildman–Crippen MR) is 48.8 cm³/mol. The van der Waals surface area contributed by atoms with Crippen LogP contribution in [-0.4, -0.2) is 38.8 Å². The van der Waals surface area contributed by atoms with Gasteiger partial charge in [-0.15, -0.1) is 0 Å². The highest BCUT2D eigenvalue weighted by molar-refractivity contribution is 4.68. The Morgan fingerprint density at radius 1 is 1.33 bits per heavy atom. The molecule has 0 radical (unpaired) electrons. The Morgan fingerprint density at radius 2 is 2.08 bits per heavy atom. The maximum absolute atomic E-state index is 8.29. The summed E-state index contributed by atoms with van der Waals surface area (Å²) < 4.78 is 4.95. The Labute approximate surface area is 74.9 Å². The average Bonchev–Trinajstić information content (AvgIpc) is 2.09. The van der Waals surface area contributed by atoms with E-state index in [1.165, 1.54) is 0 Å². The fourth-order valence-corrected chi connectivity index (χ4v) is 0.945. The van der Waals surface area contributed by atoms with Crippen molar-refractivity contribution in [1.29, 1.82) is 5.26 Å². The molecule has 0 aromatic heterocycles. The average molecular weight is 170 g/mol. The zero-order chi connectivity index (χ0) is 9.23. The maximum Gasteiger partial charge on any atom is 0.0621 e. The summed E-state index contributed by atoms with van der Waals surface area (Å²) >= 11 is 0. The number of rotatable bonds is 7. The van der Waals surface area contributed by atoms with Gasteiger partial charge in [0.15, 0.2) is 0 Å². The second-order valence-corrected chi connectivity index (χ2v) is 2.91. The summed E-state index contributed by atoms with van der Waals surface area (Å²) in [6.07, 6.45) is 2.79. The van der Waals surface area contributed by atoms with Crippen molar-refractivity contribution in [3.63, 3.8) is 0 Å². The van der Waals surface area contributed by atoms with Gasteiger partial charge in [0, 0.05) is 20.1 Å². The number of likely N-dealkylation sites (N-methyl/N-ethyl adjacent to an activating group) is 1. The first-order valence-electron chi connectivity index (χ1n) is 4.35. The monoisotopic (exact) mass is 170 g/mol. The molecule has 0 bridgehead atoms. The largest absolute Gasteiger partial charge is 0.383 e. The van der Waals surface area contributed by atoms with Gasteiger partial charge in [-0.1, -0.05) is 0 Å². The summed E-state index contributed by atoms with van der Waals surface area (Å²) in [4.78, 5) is 2.22. The smallest absolute Gasteiger partial charge is 0.0621 e. The molecule has 0 atom stereocenters. The molecule has 0 saturated carbocycles. The number of methoxy groups -OCH3 is 1. The Morgan fingerprint density at radius 3 is 2.67 bits per heavy atom. The number of nitrogens with zero attached hydrogens (tertiary/aromatic N) is 2. The molecule has 0 aliphatic heterocycles. The Balaban J connectivity index is 3.09. The van der Waals surface area contributed by atoms with Crippen molar-refractivity contribution in [1.82, 2.24) is 4.90 Å². The quantitative estimate of drug-likeness (QED) is 0.540. The van der Waals surface area contributed by atoms with Gasteiger partial charge in [0.05, 0.1) is 12.7 Å². The molecule has 0 aliphatic carbocycles. The highest BCUT2D eigenvalue weighted by Gasteiger charge is 1.96. The lowest BCUT2D eigenvalue weighted by atomic mass is 10.2. The van der Waals surface area contributed by atoms with Gasteiger partial charge >= 0.3 is 0 Å². The summed E-state index contributed by atoms with van der Waals surface area (Å²) in [6, 6.07) is 2.14. The van der Waals surface area contributed by atoms with Crippen LogP contribution in [0.2, 0.25) is 0 Å². The van der Waals surface area contributed by atoms with Crippen LogP contribution >= 0.6 is 0 Å². The van der Waals surface area contributed by atoms with Gasteiger partial charge in [-0.3, -0.25) is 0 Å². The molecule has 0 aromatic carbocycles. The molecule has 0 unspecified atom stereocenters. The van der Waals surface area contributed by atoms with Crippen molar-refractivity contribution < 1.29 is 4.74 Å². The van der Waals surface area contributed by atoms with Gasteiger partial charge in [-0.25, -0.2) is 0 Å². The molecule has 3 heteroatoms. The number of hydrogen-bond acceptors (Lipinski definition) is 3. The van der Waals surface area contributed by atoms with E-state index in [1.54, 1.807) is 7.11 Å². The molecular formula is C9H18N2O. The molecule has 0 N–H and O–H groups in total. The first kappa shape index (κ1) is 11.4. The van der Waals surface area contributed by atoms with Gasteiger partial charge in [0.25, 0.3) is 0 Å². The summed E-state index contributed by atoms with van der Waals surface area (Å²) in [5.41, 5.74) is 0. The fraction of sp³-hybridized carbons (Fsp3) is 0.889. The lowest BCUT2D eigenvalue weighted by Crippen LogP contribution is -2.23. The van der Waals surface area contributed by atoms with E-state index in [0.29, 0.717) is 6.42 Å². The van der Waals surface area contributed by atoms with Crippen molar-refractivity contribution in [2.75, 3.05) is 33.9 Å². The first-order valence-corrected chi connectivity index (χ1v) is 4.35. The number of unbranched alkanes of at least 4 members (excludes halogenated alkanes) is 2. The number of ether oxygens (including phenoxy) is 1. The van der Waals surface area contributed by atoms with Crippen LogP contribution in [0.4, 0.5) is 0 Å². The van der Waals surface area contributed by atoms with E-state index in [1.807, 2.05) is 0 Å². The van der Waals surface area contributed by atoms with Crippen LogP contribution < -0.4 is 0 Å². The van der Waals surface area contributed by atoms with Crippen molar-refractivity contribution in [3.05, 3.63) is 0 Å². The number of nitriles is 1. The lowest BCUT2D eigenvalue weighted by molar-refractivity contribution is 0.160. The second-order valence-electron chi connectivity index (χ2n) is 2.91. The molecule has 70 valence electrons. The second kappa shape index (κ2) is 8.51. The van der Waals surface area contributed by atoms with Crippen LogP contribution in [0.1, 0.15) is 19.3 Å². The molecule has 0 spiro atoms. The maximum atomic E-state index is 8.29. The van der Waals surface area contributed by atoms with Crippen LogP contribution in [0.25, 0.3) is 0 Å². The predicted octanol–water partition coefficient (Wildman–Crippen LogP) is 1.26. The zero-order valence-electron chi connectivity index (χ0n) is 8.05. The van der Waals surface area contributed by atoms with E-state index in [9.17, 15) is 0 Å². The summed E-state index contributed by atoms with van der Waals surface area (Å²) in [7, 11) is 3.79. The minimum atomic E-state index is 0.679. The molecule has 12 heavy (non-hydrogen) atoms. The van der Waals surface area contributed by atoms with Crippen molar-refractivity contribution >= 4 is 0 Å². The Kier molecular flexibility index (Phi) is 8.09. The SMILES string of the molecule is COCCN(C)CCCCC#N. The summed E-state index contributed by atoms with van der Waals surface area (Å²) in [5.74, 6) is 0. The van der Waals surface area contributed by atoms with Crippen LogP contribution in [-0.2, 0) is 4.74 Å². The van der Waals surface area contributed by atoms with Gasteiger partial charge in [0.1, 0.15) is 0 Å². The molecule has 3 nitrogen and oxygen atoms in total. The topological polar surface area (TPSA) is 36.3 Å². The first-order chi connectivity index (χ1) is 5.81. The molecule has 0 fully saturated rings. The van der Waals surface area contributed by atoms with E-state index in [4.69, 9.17) is 10.00 Å². The third-order valence-corrected chi connectivity index (χ3v) is 1.76. The van der Waals surface area contributed by atoms with E-state index in [-0.39, 0.29) is 0 Å². The van der Waals surface area contributed by atoms with Gasteiger partial charge in [-0.2, -0.15) is 5.26 Å². The molecular weight excluding hydrogens is 152 g/mol. The minimum absolute atomic E-state index is 0.679. The van der Waals surface area contributed by atoms with E-state index in [2.05, 4.69) is 18.0 Å². The van der Waals surface area contributed by atoms with Gasteiger partial charge < -0.3 is 9.64 Å². The molecule has 0 heterocycles. The lowest BCUT2D eigenvalue weighted by Gasteiger charge is -2.14. The van der Waals surface area contributed by atoms with Crippen molar-refractivity contribution in [2.24, 2.45) is 0 Å². The van der Waals surface area contributed by atoms with E-state index >= 15 is 0 Å². The highest BCUT2D eigenvalue weighted by atomic mass is 16.5. The highest BCUT2D eigenvalue weighted by Crippen LogP contribution is 1.95. The van der Waals surface area contributed by atoms with Gasteiger partial charge in [0.2, 0.25) is 0 Å². The van der Waals surface area contributed by atoms with Crippen LogP contribution in [0.3, 0.4) is 0 Å². The van der Waals surface area contributed by atoms with E-state index < -0.39 is 0 Å². The van der Waals surface area contributed by atoms with Gasteiger partial charge in [-0.05, 0) is 26.4 Å². The third-order valence-electron chi connectivity index (χ3n) is 1.76. The fourth-order valence-electron chi connectivity index (χ4n) is 0.945. The summed E-state index contributed by atoms with van der Waals surface area (Å²) in [5, 5.41) is 8.29. The molecule has 0 rings (SSSR count). The minimum Gasteiger partial charge on any atom is -0.383 e. The molecule has 0 amide bonds. The normalized spacial score (nSPS) is 10.2. The standard InChI is InChI=1S/C9H18N2O/c1-11(8-9-12-2)7-5-3-4-6-10/h3-5,7-9H2,1-2H3. The molecule has 0 saturated heterocycles. The zero-order valence-corrected chi connectivity index (χ0v) is 8.05. The molecule has 0 aliphatic rings. The van der Waals surface area contributed by atoms with Crippen LogP contribution in [0, 0.1) is 11.3 Å². The van der Waals surface area contributed by atoms with Crippen molar-refractivity contribution in [3.8, 4) is 6.07 Å². The van der Waals surface area contributed by atoms with Crippen LogP contribution in [0.5, 0.6) is 0 Å². The van der Waals surface area contributed by atoms with E-state index in [0.717, 1.165) is 32.5 Å². The summed E-state index contributed by atoms with van der Waals surface area (Å²) in [6.45, 7) is 2.82. The van der Waals surface area contributed by atoms with Crippen molar-refractivity contribution in [2.45, 2.75) is 19.3 Å². The third kappa shape index (κ3) is 7.52. The molecule has 0 aromatic rings. The number of hydrogen-bond donors (Lipinski definition) is 0.